The molecule has 0 fully saturated rings. The largest absolute Gasteiger partial charge is 0.508 e. The standard InChI is InChI=1S/C22H20O/c23-19-9-5-6-16(14-19)15-22-20-10-3-1-7-17(20)12-13-18-8-2-4-11-21(18)22/h1-11,14,22-23H,12-13,15H2. The summed E-state index contributed by atoms with van der Waals surface area (Å²) in [5.74, 6) is 0.699. The molecule has 4 rings (SSSR count). The van der Waals surface area contributed by atoms with Gasteiger partial charge in [-0.05, 0) is 59.2 Å². The van der Waals surface area contributed by atoms with Crippen LogP contribution in [0.15, 0.2) is 72.8 Å². The van der Waals surface area contributed by atoms with E-state index in [-0.39, 0.29) is 0 Å². The summed E-state index contributed by atoms with van der Waals surface area (Å²) in [4.78, 5) is 0. The molecule has 1 N–H and O–H groups in total. The lowest BCUT2D eigenvalue weighted by Crippen LogP contribution is -2.07. The van der Waals surface area contributed by atoms with Crippen molar-refractivity contribution in [3.05, 3.63) is 101 Å². The summed E-state index contributed by atoms with van der Waals surface area (Å²) in [6, 6.07) is 25.3. The van der Waals surface area contributed by atoms with Crippen LogP contribution in [0.4, 0.5) is 0 Å². The van der Waals surface area contributed by atoms with E-state index in [1.54, 1.807) is 6.07 Å². The molecule has 0 unspecified atom stereocenters. The van der Waals surface area contributed by atoms with Crippen LogP contribution in [-0.2, 0) is 19.3 Å². The van der Waals surface area contributed by atoms with E-state index in [1.807, 2.05) is 12.1 Å². The number of fused-ring (bicyclic) bond motifs is 2. The average molecular weight is 300 g/mol. The first-order chi connectivity index (χ1) is 11.3. The van der Waals surface area contributed by atoms with Crippen molar-refractivity contribution < 1.29 is 5.11 Å². The molecule has 114 valence electrons. The second-order valence-corrected chi connectivity index (χ2v) is 6.32. The number of phenols is 1. The van der Waals surface area contributed by atoms with Crippen LogP contribution in [0.3, 0.4) is 0 Å². The molecule has 0 saturated heterocycles. The molecule has 1 nitrogen and oxygen atoms in total. The molecule has 0 atom stereocenters. The summed E-state index contributed by atoms with van der Waals surface area (Å²) >= 11 is 0. The van der Waals surface area contributed by atoms with Crippen molar-refractivity contribution in [3.63, 3.8) is 0 Å². The first kappa shape index (κ1) is 14.1. The molecular formula is C22H20O. The third kappa shape index (κ3) is 2.75. The minimum Gasteiger partial charge on any atom is -0.508 e. The van der Waals surface area contributed by atoms with Gasteiger partial charge in [0.05, 0.1) is 0 Å². The van der Waals surface area contributed by atoms with Gasteiger partial charge in [0.25, 0.3) is 0 Å². The summed E-state index contributed by atoms with van der Waals surface area (Å²) in [5, 5.41) is 9.79. The van der Waals surface area contributed by atoms with Crippen molar-refractivity contribution in [1.82, 2.24) is 0 Å². The number of hydrogen-bond donors (Lipinski definition) is 1. The predicted octanol–water partition coefficient (Wildman–Crippen LogP) is 4.87. The number of phenolic OH excluding ortho intramolecular Hbond substituents is 1. The number of rotatable bonds is 2. The van der Waals surface area contributed by atoms with Crippen LogP contribution in [0.5, 0.6) is 5.75 Å². The Morgan fingerprint density at radius 1 is 0.739 bits per heavy atom. The van der Waals surface area contributed by atoms with Crippen LogP contribution in [-0.4, -0.2) is 5.11 Å². The highest BCUT2D eigenvalue weighted by molar-refractivity contribution is 5.46. The highest BCUT2D eigenvalue weighted by atomic mass is 16.3. The third-order valence-corrected chi connectivity index (χ3v) is 4.88. The van der Waals surface area contributed by atoms with E-state index in [0.29, 0.717) is 11.7 Å². The van der Waals surface area contributed by atoms with Gasteiger partial charge in [-0.1, -0.05) is 60.7 Å². The summed E-state index contributed by atoms with van der Waals surface area (Å²) in [6.45, 7) is 0. The molecule has 0 bridgehead atoms. The van der Waals surface area contributed by atoms with Crippen LogP contribution < -0.4 is 0 Å². The van der Waals surface area contributed by atoms with E-state index < -0.39 is 0 Å². The highest BCUT2D eigenvalue weighted by Crippen LogP contribution is 2.36. The zero-order valence-electron chi connectivity index (χ0n) is 13.1. The van der Waals surface area contributed by atoms with Gasteiger partial charge in [0.1, 0.15) is 5.75 Å². The maximum Gasteiger partial charge on any atom is 0.115 e. The minimum atomic E-state index is 0.345. The molecule has 1 aliphatic carbocycles. The number of aryl methyl sites for hydroxylation is 2. The Hall–Kier alpha value is -2.54. The first-order valence-electron chi connectivity index (χ1n) is 8.25. The topological polar surface area (TPSA) is 20.2 Å². The van der Waals surface area contributed by atoms with Crippen LogP contribution in [0.25, 0.3) is 0 Å². The van der Waals surface area contributed by atoms with Gasteiger partial charge in [-0.15, -0.1) is 0 Å². The van der Waals surface area contributed by atoms with E-state index in [4.69, 9.17) is 0 Å². The van der Waals surface area contributed by atoms with E-state index in [1.165, 1.54) is 27.8 Å². The van der Waals surface area contributed by atoms with Crippen molar-refractivity contribution in [1.29, 1.82) is 0 Å². The summed E-state index contributed by atoms with van der Waals surface area (Å²) < 4.78 is 0. The molecule has 0 aliphatic heterocycles. The summed E-state index contributed by atoms with van der Waals surface area (Å²) in [5.41, 5.74) is 6.95. The lowest BCUT2D eigenvalue weighted by molar-refractivity contribution is 0.474. The Morgan fingerprint density at radius 3 is 1.96 bits per heavy atom. The Balaban J connectivity index is 1.83. The van der Waals surface area contributed by atoms with E-state index >= 15 is 0 Å². The molecule has 0 aromatic heterocycles. The first-order valence-corrected chi connectivity index (χ1v) is 8.25. The predicted molar refractivity (Wildman–Crippen MR) is 93.9 cm³/mol. The van der Waals surface area contributed by atoms with Gasteiger partial charge in [0, 0.05) is 5.92 Å². The van der Waals surface area contributed by atoms with Crippen molar-refractivity contribution in [2.24, 2.45) is 0 Å². The number of aromatic hydroxyl groups is 1. The number of hydrogen-bond acceptors (Lipinski definition) is 1. The maximum atomic E-state index is 9.79. The fourth-order valence-corrected chi connectivity index (χ4v) is 3.78. The fourth-order valence-electron chi connectivity index (χ4n) is 3.78. The molecule has 1 aliphatic rings. The maximum absolute atomic E-state index is 9.79. The van der Waals surface area contributed by atoms with Gasteiger partial charge in [-0.25, -0.2) is 0 Å². The Bertz CT molecular complexity index is 787. The van der Waals surface area contributed by atoms with Crippen LogP contribution in [0.2, 0.25) is 0 Å². The van der Waals surface area contributed by atoms with E-state index in [9.17, 15) is 5.11 Å². The number of benzene rings is 3. The monoisotopic (exact) mass is 300 g/mol. The summed E-state index contributed by atoms with van der Waals surface area (Å²) in [7, 11) is 0. The van der Waals surface area contributed by atoms with Crippen molar-refractivity contribution >= 4 is 0 Å². The molecule has 1 heteroatoms. The van der Waals surface area contributed by atoms with Gasteiger partial charge in [0.2, 0.25) is 0 Å². The zero-order valence-corrected chi connectivity index (χ0v) is 13.1. The molecule has 23 heavy (non-hydrogen) atoms. The van der Waals surface area contributed by atoms with Gasteiger partial charge >= 0.3 is 0 Å². The smallest absolute Gasteiger partial charge is 0.115 e. The van der Waals surface area contributed by atoms with Crippen LogP contribution in [0.1, 0.15) is 33.7 Å². The third-order valence-electron chi connectivity index (χ3n) is 4.88. The normalized spacial score (nSPS) is 13.9. The summed E-state index contributed by atoms with van der Waals surface area (Å²) in [6.07, 6.45) is 3.12. The van der Waals surface area contributed by atoms with Gasteiger partial charge in [0.15, 0.2) is 0 Å². The lowest BCUT2D eigenvalue weighted by Gasteiger charge is -2.20. The van der Waals surface area contributed by atoms with Crippen LogP contribution in [0, 0.1) is 0 Å². The Kier molecular flexibility index (Phi) is 3.63. The van der Waals surface area contributed by atoms with Crippen molar-refractivity contribution in [2.45, 2.75) is 25.2 Å². The molecule has 0 heterocycles. The van der Waals surface area contributed by atoms with Crippen molar-refractivity contribution in [2.75, 3.05) is 0 Å². The average Bonchev–Trinajstić information content (AvgIpc) is 2.73. The molecule has 0 saturated carbocycles. The van der Waals surface area contributed by atoms with Gasteiger partial charge in [-0.2, -0.15) is 0 Å². The second-order valence-electron chi connectivity index (χ2n) is 6.32. The molecular weight excluding hydrogens is 280 g/mol. The molecule has 3 aromatic carbocycles. The molecule has 0 amide bonds. The lowest BCUT2D eigenvalue weighted by atomic mass is 9.83. The van der Waals surface area contributed by atoms with Crippen LogP contribution >= 0.6 is 0 Å². The Morgan fingerprint density at radius 2 is 1.35 bits per heavy atom. The Labute approximate surface area is 137 Å². The molecule has 0 spiro atoms. The second kappa shape index (κ2) is 5.92. The van der Waals surface area contributed by atoms with E-state index in [0.717, 1.165) is 19.3 Å². The minimum absolute atomic E-state index is 0.345. The highest BCUT2D eigenvalue weighted by Gasteiger charge is 2.23. The van der Waals surface area contributed by atoms with Gasteiger partial charge < -0.3 is 5.11 Å². The van der Waals surface area contributed by atoms with Crippen molar-refractivity contribution in [3.8, 4) is 5.75 Å². The SMILES string of the molecule is Oc1cccc(CC2c3ccccc3CCc3ccccc32)c1. The fraction of sp³-hybridized carbons (Fsp3) is 0.182. The quantitative estimate of drug-likeness (QED) is 0.716. The van der Waals surface area contributed by atoms with E-state index in [2.05, 4.69) is 54.6 Å². The zero-order chi connectivity index (χ0) is 15.6. The van der Waals surface area contributed by atoms with Gasteiger partial charge in [-0.3, -0.25) is 0 Å². The molecule has 3 aromatic rings. The molecule has 0 radical (unpaired) electrons.